The fourth-order valence-corrected chi connectivity index (χ4v) is 3.30. The number of hydrogen-bond donors (Lipinski definition) is 2. The molecule has 0 saturated carbocycles. The van der Waals surface area contributed by atoms with Crippen LogP contribution in [0.2, 0.25) is 0 Å². The predicted octanol–water partition coefficient (Wildman–Crippen LogP) is 5.99. The molecule has 0 aliphatic carbocycles. The average Bonchev–Trinajstić information content (AvgIpc) is 2.81. The van der Waals surface area contributed by atoms with Crippen molar-refractivity contribution < 1.29 is 14.6 Å². The molecule has 4 rings (SSSR count). The van der Waals surface area contributed by atoms with Crippen molar-refractivity contribution in [2.45, 2.75) is 0 Å². The van der Waals surface area contributed by atoms with Gasteiger partial charge in [0, 0.05) is 11.3 Å². The molecular weight excluding hydrogens is 374 g/mol. The van der Waals surface area contributed by atoms with E-state index in [2.05, 4.69) is 17.4 Å². The van der Waals surface area contributed by atoms with E-state index >= 15 is 0 Å². The fourth-order valence-electron chi connectivity index (χ4n) is 3.30. The molecule has 4 aromatic rings. The number of ether oxygens (including phenoxy) is 1. The minimum Gasteiger partial charge on any atom is -0.508 e. The number of carbonyl (C=O) groups excluding carboxylic acids is 1. The number of aromatic hydroxyl groups is 1. The van der Waals surface area contributed by atoms with Crippen molar-refractivity contribution in [3.05, 3.63) is 103 Å². The topological polar surface area (TPSA) is 58.6 Å². The standard InChI is InChI=1S/C26H21NO3/c1-30-23-15-16-24(26(29)27-21-11-13-22(28)14-12-21)25(17-23)20-9-7-19(8-10-20)18-5-3-2-4-6-18/h2-17,28H,1H3,(H,27,29). The zero-order valence-electron chi connectivity index (χ0n) is 16.5. The van der Waals surface area contributed by atoms with Gasteiger partial charge in [-0.3, -0.25) is 4.79 Å². The van der Waals surface area contributed by atoms with Crippen molar-refractivity contribution in [2.75, 3.05) is 12.4 Å². The first-order valence-electron chi connectivity index (χ1n) is 9.58. The highest BCUT2D eigenvalue weighted by molar-refractivity contribution is 6.09. The van der Waals surface area contributed by atoms with Gasteiger partial charge in [-0.15, -0.1) is 0 Å². The summed E-state index contributed by atoms with van der Waals surface area (Å²) in [5, 5.41) is 12.3. The third kappa shape index (κ3) is 4.18. The fraction of sp³-hybridized carbons (Fsp3) is 0.0385. The first-order chi connectivity index (χ1) is 14.6. The molecule has 0 bridgehead atoms. The summed E-state index contributed by atoms with van der Waals surface area (Å²) < 4.78 is 5.38. The van der Waals surface area contributed by atoms with E-state index in [-0.39, 0.29) is 11.7 Å². The molecule has 2 N–H and O–H groups in total. The molecule has 0 atom stereocenters. The van der Waals surface area contributed by atoms with E-state index in [1.165, 1.54) is 12.1 Å². The Balaban J connectivity index is 1.68. The van der Waals surface area contributed by atoms with E-state index in [4.69, 9.17) is 4.74 Å². The van der Waals surface area contributed by atoms with Crippen LogP contribution in [0, 0.1) is 0 Å². The highest BCUT2D eigenvalue weighted by atomic mass is 16.5. The van der Waals surface area contributed by atoms with E-state index in [1.54, 1.807) is 31.4 Å². The average molecular weight is 395 g/mol. The monoisotopic (exact) mass is 395 g/mol. The lowest BCUT2D eigenvalue weighted by Crippen LogP contribution is -2.13. The van der Waals surface area contributed by atoms with Crippen molar-refractivity contribution in [3.63, 3.8) is 0 Å². The maximum atomic E-state index is 13.0. The summed E-state index contributed by atoms with van der Waals surface area (Å²) in [6, 6.07) is 30.0. The summed E-state index contributed by atoms with van der Waals surface area (Å²) in [6.07, 6.45) is 0. The number of amides is 1. The number of anilines is 1. The van der Waals surface area contributed by atoms with Gasteiger partial charge in [-0.2, -0.15) is 0 Å². The molecule has 0 fully saturated rings. The minimum atomic E-state index is -0.231. The Hall–Kier alpha value is -4.05. The zero-order valence-corrected chi connectivity index (χ0v) is 16.5. The Morgan fingerprint density at radius 1 is 0.767 bits per heavy atom. The third-order valence-corrected chi connectivity index (χ3v) is 4.90. The maximum absolute atomic E-state index is 13.0. The van der Waals surface area contributed by atoms with E-state index in [9.17, 15) is 9.90 Å². The molecule has 0 saturated heterocycles. The first kappa shape index (κ1) is 19.3. The summed E-state index contributed by atoms with van der Waals surface area (Å²) in [5.41, 5.74) is 5.10. The molecule has 0 spiro atoms. The molecule has 0 radical (unpaired) electrons. The van der Waals surface area contributed by atoms with Crippen LogP contribution >= 0.6 is 0 Å². The van der Waals surface area contributed by atoms with E-state index in [0.717, 1.165) is 22.3 Å². The maximum Gasteiger partial charge on any atom is 0.256 e. The Morgan fingerprint density at radius 3 is 2.07 bits per heavy atom. The largest absolute Gasteiger partial charge is 0.508 e. The van der Waals surface area contributed by atoms with Crippen LogP contribution in [-0.2, 0) is 0 Å². The minimum absolute atomic E-state index is 0.150. The van der Waals surface area contributed by atoms with Crippen molar-refractivity contribution in [1.29, 1.82) is 0 Å². The third-order valence-electron chi connectivity index (χ3n) is 4.90. The number of nitrogens with one attached hydrogen (secondary N) is 1. The molecule has 148 valence electrons. The van der Waals surface area contributed by atoms with Gasteiger partial charge in [0.05, 0.1) is 7.11 Å². The second kappa shape index (κ2) is 8.53. The number of rotatable bonds is 5. The molecule has 0 aliphatic heterocycles. The summed E-state index contributed by atoms with van der Waals surface area (Å²) >= 11 is 0. The molecule has 1 amide bonds. The van der Waals surface area contributed by atoms with Crippen LogP contribution in [0.3, 0.4) is 0 Å². The molecule has 30 heavy (non-hydrogen) atoms. The summed E-state index contributed by atoms with van der Waals surface area (Å²) in [6.45, 7) is 0. The summed E-state index contributed by atoms with van der Waals surface area (Å²) in [5.74, 6) is 0.598. The van der Waals surface area contributed by atoms with E-state index < -0.39 is 0 Å². The molecule has 4 nitrogen and oxygen atoms in total. The smallest absolute Gasteiger partial charge is 0.256 e. The normalized spacial score (nSPS) is 10.4. The Bertz CT molecular complexity index is 1150. The van der Waals surface area contributed by atoms with Gasteiger partial charge in [-0.25, -0.2) is 0 Å². The van der Waals surface area contributed by atoms with Crippen LogP contribution in [0.25, 0.3) is 22.3 Å². The lowest BCUT2D eigenvalue weighted by atomic mass is 9.96. The molecule has 0 heterocycles. The summed E-state index contributed by atoms with van der Waals surface area (Å²) in [4.78, 5) is 13.0. The quantitative estimate of drug-likeness (QED) is 0.408. The number of benzene rings is 4. The number of hydrogen-bond acceptors (Lipinski definition) is 3. The van der Waals surface area contributed by atoms with Crippen LogP contribution in [-0.4, -0.2) is 18.1 Å². The van der Waals surface area contributed by atoms with Gasteiger partial charge in [-0.05, 0) is 64.7 Å². The van der Waals surface area contributed by atoms with Crippen molar-refractivity contribution in [3.8, 4) is 33.8 Å². The van der Waals surface area contributed by atoms with Gasteiger partial charge in [0.2, 0.25) is 0 Å². The second-order valence-electron chi connectivity index (χ2n) is 6.86. The van der Waals surface area contributed by atoms with Gasteiger partial charge in [0.15, 0.2) is 0 Å². The van der Waals surface area contributed by atoms with Gasteiger partial charge < -0.3 is 15.2 Å². The molecule has 4 aromatic carbocycles. The SMILES string of the molecule is COc1ccc(C(=O)Nc2ccc(O)cc2)c(-c2ccc(-c3ccccc3)cc2)c1. The van der Waals surface area contributed by atoms with Crippen molar-refractivity contribution in [2.24, 2.45) is 0 Å². The highest BCUT2D eigenvalue weighted by Crippen LogP contribution is 2.31. The predicted molar refractivity (Wildman–Crippen MR) is 120 cm³/mol. The lowest BCUT2D eigenvalue weighted by molar-refractivity contribution is 0.102. The molecular formula is C26H21NO3. The number of phenols is 1. The van der Waals surface area contributed by atoms with Gasteiger partial charge in [0.1, 0.15) is 11.5 Å². The highest BCUT2D eigenvalue weighted by Gasteiger charge is 2.15. The van der Waals surface area contributed by atoms with E-state index in [0.29, 0.717) is 17.0 Å². The second-order valence-corrected chi connectivity index (χ2v) is 6.86. The Labute approximate surface area is 175 Å². The Morgan fingerprint density at radius 2 is 1.40 bits per heavy atom. The molecule has 0 aromatic heterocycles. The van der Waals surface area contributed by atoms with Gasteiger partial charge in [-0.1, -0.05) is 54.6 Å². The summed E-state index contributed by atoms with van der Waals surface area (Å²) in [7, 11) is 1.60. The van der Waals surface area contributed by atoms with Crippen LogP contribution in [0.5, 0.6) is 11.5 Å². The Kier molecular flexibility index (Phi) is 5.48. The molecule has 0 unspecified atom stereocenters. The van der Waals surface area contributed by atoms with Crippen LogP contribution in [0.1, 0.15) is 10.4 Å². The van der Waals surface area contributed by atoms with E-state index in [1.807, 2.05) is 48.5 Å². The van der Waals surface area contributed by atoms with Crippen molar-refractivity contribution in [1.82, 2.24) is 0 Å². The van der Waals surface area contributed by atoms with Gasteiger partial charge in [0.25, 0.3) is 5.91 Å². The molecule has 0 aliphatic rings. The number of methoxy groups -OCH3 is 1. The van der Waals surface area contributed by atoms with Crippen LogP contribution in [0.15, 0.2) is 97.1 Å². The molecule has 4 heteroatoms. The lowest BCUT2D eigenvalue weighted by Gasteiger charge is -2.13. The number of phenolic OH excluding ortho intramolecular Hbond substituents is 1. The van der Waals surface area contributed by atoms with Crippen molar-refractivity contribution >= 4 is 11.6 Å². The number of carbonyl (C=O) groups is 1. The van der Waals surface area contributed by atoms with Gasteiger partial charge >= 0.3 is 0 Å². The zero-order chi connectivity index (χ0) is 20.9. The van der Waals surface area contributed by atoms with Crippen LogP contribution in [0.4, 0.5) is 5.69 Å². The van der Waals surface area contributed by atoms with Crippen LogP contribution < -0.4 is 10.1 Å². The first-order valence-corrected chi connectivity index (χ1v) is 9.58.